The monoisotopic (exact) mass is 308 g/mol. The van der Waals surface area contributed by atoms with Gasteiger partial charge in [0.05, 0.1) is 11.0 Å². The summed E-state index contributed by atoms with van der Waals surface area (Å²) in [4.78, 5) is 4.32. The molecule has 1 fully saturated rings. The van der Waals surface area contributed by atoms with Crippen LogP contribution in [-0.4, -0.2) is 16.2 Å². The fourth-order valence-electron chi connectivity index (χ4n) is 2.42. The Morgan fingerprint density at radius 1 is 1.32 bits per heavy atom. The fraction of sp³-hybridized carbons (Fsp3) is 0.267. The molecular weight excluding hydrogens is 293 g/mol. The molecule has 0 amide bonds. The number of nitrogens with zero attached hydrogens (tertiary/aromatic N) is 2. The maximum atomic E-state index is 13.5. The van der Waals surface area contributed by atoms with Crippen LogP contribution in [0.5, 0.6) is 0 Å². The predicted molar refractivity (Wildman–Crippen MR) is 78.3 cm³/mol. The highest BCUT2D eigenvalue weighted by Gasteiger charge is 2.29. The zero-order valence-corrected chi connectivity index (χ0v) is 11.7. The van der Waals surface area contributed by atoms with E-state index in [1.54, 1.807) is 4.57 Å². The Hall–Kier alpha value is -2.44. The number of halogens is 3. The molecule has 22 heavy (non-hydrogen) atoms. The fourth-order valence-corrected chi connectivity index (χ4v) is 2.42. The van der Waals surface area contributed by atoms with Crippen LogP contribution in [0, 0.1) is 11.6 Å². The summed E-state index contributed by atoms with van der Waals surface area (Å²) in [5.74, 6) is -1.46. The Morgan fingerprint density at radius 3 is 2.59 bits per heavy atom. The van der Waals surface area contributed by atoms with Gasteiger partial charge in [-0.1, -0.05) is 0 Å². The van der Waals surface area contributed by atoms with Gasteiger partial charge < -0.3 is 16.0 Å². The SMILES string of the molecule is N/C=C(\C=C(/N)CF)c1nc2cc(F)c(F)cc2n1C1CC1. The number of rotatable bonds is 4. The quantitative estimate of drug-likeness (QED) is 0.853. The van der Waals surface area contributed by atoms with Crippen LogP contribution >= 0.6 is 0 Å². The Balaban J connectivity index is 2.22. The van der Waals surface area contributed by atoms with Gasteiger partial charge in [-0.3, -0.25) is 0 Å². The minimum absolute atomic E-state index is 0.00321. The van der Waals surface area contributed by atoms with E-state index in [-0.39, 0.29) is 11.7 Å². The maximum Gasteiger partial charge on any atom is 0.161 e. The molecule has 7 heteroatoms. The van der Waals surface area contributed by atoms with Crippen LogP contribution < -0.4 is 11.5 Å². The third kappa shape index (κ3) is 2.43. The Kier molecular flexibility index (Phi) is 3.56. The summed E-state index contributed by atoms with van der Waals surface area (Å²) in [6.45, 7) is -0.815. The average Bonchev–Trinajstić information content (AvgIpc) is 3.28. The van der Waals surface area contributed by atoms with Gasteiger partial charge in [0.25, 0.3) is 0 Å². The summed E-state index contributed by atoms with van der Waals surface area (Å²) in [7, 11) is 0. The second-order valence-electron chi connectivity index (χ2n) is 5.27. The molecule has 1 aliphatic rings. The second kappa shape index (κ2) is 5.40. The molecule has 4 nitrogen and oxygen atoms in total. The topological polar surface area (TPSA) is 69.9 Å². The van der Waals surface area contributed by atoms with E-state index >= 15 is 0 Å². The van der Waals surface area contributed by atoms with Crippen molar-refractivity contribution in [2.75, 3.05) is 6.67 Å². The van der Waals surface area contributed by atoms with Gasteiger partial charge in [-0.2, -0.15) is 0 Å². The molecule has 1 heterocycles. The van der Waals surface area contributed by atoms with Gasteiger partial charge in [0, 0.05) is 35.6 Å². The lowest BCUT2D eigenvalue weighted by Crippen LogP contribution is -2.05. The summed E-state index contributed by atoms with van der Waals surface area (Å²) in [6, 6.07) is 2.32. The minimum atomic E-state index is -0.961. The van der Waals surface area contributed by atoms with Gasteiger partial charge in [0.15, 0.2) is 11.6 Å². The number of hydrogen-bond donors (Lipinski definition) is 2. The number of alkyl halides is 1. The van der Waals surface area contributed by atoms with Crippen LogP contribution in [0.4, 0.5) is 13.2 Å². The molecule has 0 bridgehead atoms. The van der Waals surface area contributed by atoms with E-state index in [2.05, 4.69) is 4.98 Å². The molecule has 0 saturated heterocycles. The third-order valence-electron chi connectivity index (χ3n) is 3.58. The predicted octanol–water partition coefficient (Wildman–Crippen LogP) is 2.76. The van der Waals surface area contributed by atoms with Crippen molar-refractivity contribution >= 4 is 16.6 Å². The van der Waals surface area contributed by atoms with Crippen molar-refractivity contribution in [2.24, 2.45) is 11.5 Å². The average molecular weight is 308 g/mol. The van der Waals surface area contributed by atoms with Gasteiger partial charge in [0.2, 0.25) is 0 Å². The second-order valence-corrected chi connectivity index (χ2v) is 5.27. The summed E-state index contributed by atoms with van der Waals surface area (Å²) in [5.41, 5.74) is 12.3. The Labute approximate surface area is 124 Å². The van der Waals surface area contributed by atoms with Crippen LogP contribution in [0.2, 0.25) is 0 Å². The molecule has 3 rings (SSSR count). The Bertz CT molecular complexity index is 788. The van der Waals surface area contributed by atoms with E-state index in [0.29, 0.717) is 22.4 Å². The van der Waals surface area contributed by atoms with Gasteiger partial charge in [0.1, 0.15) is 12.5 Å². The lowest BCUT2D eigenvalue weighted by molar-refractivity contribution is 0.510. The molecule has 1 aromatic heterocycles. The van der Waals surface area contributed by atoms with Crippen LogP contribution in [0.1, 0.15) is 24.7 Å². The maximum absolute atomic E-state index is 13.5. The first-order chi connectivity index (χ1) is 10.5. The normalized spacial score (nSPS) is 16.5. The van der Waals surface area contributed by atoms with E-state index < -0.39 is 18.3 Å². The molecule has 0 radical (unpaired) electrons. The summed E-state index contributed by atoms with van der Waals surface area (Å²) in [5, 5.41) is 0. The highest BCUT2D eigenvalue weighted by atomic mass is 19.2. The van der Waals surface area contributed by atoms with Crippen LogP contribution in [0.15, 0.2) is 30.1 Å². The van der Waals surface area contributed by atoms with E-state index in [1.165, 1.54) is 12.3 Å². The number of allylic oxidation sites excluding steroid dienone is 3. The molecule has 0 atom stereocenters. The first kappa shape index (κ1) is 14.5. The van der Waals surface area contributed by atoms with Crippen molar-refractivity contribution in [3.8, 4) is 0 Å². The van der Waals surface area contributed by atoms with E-state index in [4.69, 9.17) is 11.5 Å². The first-order valence-electron chi connectivity index (χ1n) is 6.86. The van der Waals surface area contributed by atoms with E-state index in [1.807, 2.05) is 0 Å². The summed E-state index contributed by atoms with van der Waals surface area (Å²) < 4.78 is 41.3. The van der Waals surface area contributed by atoms with Gasteiger partial charge in [-0.05, 0) is 18.9 Å². The smallest absolute Gasteiger partial charge is 0.161 e. The van der Waals surface area contributed by atoms with E-state index in [9.17, 15) is 13.2 Å². The van der Waals surface area contributed by atoms with Crippen molar-refractivity contribution in [3.63, 3.8) is 0 Å². The van der Waals surface area contributed by atoms with Crippen LogP contribution in [0.25, 0.3) is 16.6 Å². The van der Waals surface area contributed by atoms with Gasteiger partial charge in [-0.15, -0.1) is 0 Å². The number of imidazole rings is 1. The van der Waals surface area contributed by atoms with Gasteiger partial charge >= 0.3 is 0 Å². The largest absolute Gasteiger partial charge is 0.404 e. The molecule has 4 N–H and O–H groups in total. The number of aromatic nitrogens is 2. The lowest BCUT2D eigenvalue weighted by atomic mass is 10.2. The molecule has 2 aromatic rings. The van der Waals surface area contributed by atoms with Crippen molar-refractivity contribution in [2.45, 2.75) is 18.9 Å². The van der Waals surface area contributed by atoms with Crippen molar-refractivity contribution < 1.29 is 13.2 Å². The van der Waals surface area contributed by atoms with Crippen molar-refractivity contribution in [1.82, 2.24) is 9.55 Å². The zero-order valence-electron chi connectivity index (χ0n) is 11.7. The number of hydrogen-bond acceptors (Lipinski definition) is 3. The highest BCUT2D eigenvalue weighted by molar-refractivity contribution is 5.82. The molecule has 1 aromatic carbocycles. The first-order valence-corrected chi connectivity index (χ1v) is 6.86. The molecule has 1 saturated carbocycles. The Morgan fingerprint density at radius 2 is 2.00 bits per heavy atom. The summed E-state index contributed by atoms with van der Waals surface area (Å²) >= 11 is 0. The standard InChI is InChI=1S/C15H15F3N4/c16-6-9(20)3-8(7-19)15-21-13-4-11(17)12(18)5-14(13)22(15)10-1-2-10/h3-5,7,10H,1-2,6,19-20H2/b8-7+,9-3-. The lowest BCUT2D eigenvalue weighted by Gasteiger charge is -2.08. The number of nitrogens with two attached hydrogens (primary N) is 2. The summed E-state index contributed by atoms with van der Waals surface area (Å²) in [6.07, 6.45) is 4.47. The molecule has 1 aliphatic carbocycles. The molecular formula is C15H15F3N4. The molecule has 116 valence electrons. The van der Waals surface area contributed by atoms with E-state index in [0.717, 1.165) is 25.0 Å². The van der Waals surface area contributed by atoms with Crippen LogP contribution in [0.3, 0.4) is 0 Å². The van der Waals surface area contributed by atoms with Crippen molar-refractivity contribution in [3.05, 3.63) is 47.6 Å². The molecule has 0 unspecified atom stereocenters. The zero-order chi connectivity index (χ0) is 15.9. The number of fused-ring (bicyclic) bond motifs is 1. The minimum Gasteiger partial charge on any atom is -0.404 e. The third-order valence-corrected chi connectivity index (χ3v) is 3.58. The molecule has 0 spiro atoms. The van der Waals surface area contributed by atoms with Crippen molar-refractivity contribution in [1.29, 1.82) is 0 Å². The molecule has 0 aliphatic heterocycles. The van der Waals surface area contributed by atoms with Crippen LogP contribution in [-0.2, 0) is 0 Å². The number of benzene rings is 1. The highest BCUT2D eigenvalue weighted by Crippen LogP contribution is 2.40. The van der Waals surface area contributed by atoms with Gasteiger partial charge in [-0.25, -0.2) is 18.2 Å².